The van der Waals surface area contributed by atoms with Gasteiger partial charge in [-0.25, -0.2) is 0 Å². The molecule has 1 saturated carbocycles. The summed E-state index contributed by atoms with van der Waals surface area (Å²) < 4.78 is 0. The first-order chi connectivity index (χ1) is 8.22. The smallest absolute Gasteiger partial charge is 0.309 e. The number of nitrogens with zero attached hydrogens (tertiary/aromatic N) is 2. The number of nitro benzene ring substituents is 1. The fraction of sp³-hybridized carbons (Fsp3) is 0.417. The van der Waals surface area contributed by atoms with Crippen molar-refractivity contribution in [1.82, 2.24) is 0 Å². The van der Waals surface area contributed by atoms with Crippen LogP contribution in [0.5, 0.6) is 0 Å². The molecule has 2 rings (SSSR count). The van der Waals surface area contributed by atoms with Gasteiger partial charge < -0.3 is 5.32 Å². The number of benzene rings is 1. The Kier molecular flexibility index (Phi) is 3.24. The summed E-state index contributed by atoms with van der Waals surface area (Å²) in [5.41, 5.74) is 0.434. The predicted octanol–water partition coefficient (Wildman–Crippen LogP) is 2.68. The third-order valence-electron chi connectivity index (χ3n) is 3.14. The lowest BCUT2D eigenvalue weighted by atomic mass is 9.85. The van der Waals surface area contributed by atoms with Crippen molar-refractivity contribution in [3.05, 3.63) is 33.9 Å². The van der Waals surface area contributed by atoms with Gasteiger partial charge in [0, 0.05) is 6.54 Å². The number of nitriles is 1. The van der Waals surface area contributed by atoms with Crippen LogP contribution in [0.1, 0.15) is 24.8 Å². The largest absolute Gasteiger partial charge is 0.379 e. The van der Waals surface area contributed by atoms with Gasteiger partial charge in [-0.15, -0.1) is 0 Å². The average molecular weight is 231 g/mol. The minimum atomic E-state index is -0.498. The van der Waals surface area contributed by atoms with Crippen LogP contribution in [-0.2, 0) is 0 Å². The Balaban J connectivity index is 2.19. The highest BCUT2D eigenvalue weighted by Gasteiger charge is 2.22. The zero-order chi connectivity index (χ0) is 12.3. The van der Waals surface area contributed by atoms with Crippen molar-refractivity contribution in [1.29, 1.82) is 5.26 Å². The number of nitrogens with one attached hydrogen (secondary N) is 1. The first-order valence-corrected chi connectivity index (χ1v) is 5.63. The van der Waals surface area contributed by atoms with E-state index in [1.54, 1.807) is 12.1 Å². The van der Waals surface area contributed by atoms with Crippen LogP contribution in [0.3, 0.4) is 0 Å². The molecule has 88 valence electrons. The molecule has 0 unspecified atom stereocenters. The maximum Gasteiger partial charge on any atom is 0.309 e. The molecule has 1 aliphatic carbocycles. The molecule has 0 atom stereocenters. The summed E-state index contributed by atoms with van der Waals surface area (Å²) in [5.74, 6) is 0.611. The van der Waals surface area contributed by atoms with E-state index in [9.17, 15) is 10.1 Å². The number of rotatable bonds is 4. The molecule has 0 amide bonds. The molecular weight excluding hydrogens is 218 g/mol. The summed E-state index contributed by atoms with van der Waals surface area (Å²) in [6.07, 6.45) is 3.60. The fourth-order valence-corrected chi connectivity index (χ4v) is 1.92. The van der Waals surface area contributed by atoms with Crippen molar-refractivity contribution in [2.45, 2.75) is 19.3 Å². The first-order valence-electron chi connectivity index (χ1n) is 5.63. The molecule has 0 radical (unpaired) electrons. The van der Waals surface area contributed by atoms with Gasteiger partial charge in [-0.2, -0.15) is 5.26 Å². The van der Waals surface area contributed by atoms with Gasteiger partial charge >= 0.3 is 5.69 Å². The summed E-state index contributed by atoms with van der Waals surface area (Å²) in [7, 11) is 0. The Morgan fingerprint density at radius 1 is 1.53 bits per heavy atom. The summed E-state index contributed by atoms with van der Waals surface area (Å²) in [5, 5.41) is 22.9. The van der Waals surface area contributed by atoms with E-state index < -0.39 is 4.92 Å². The van der Waals surface area contributed by atoms with Gasteiger partial charge in [0.15, 0.2) is 0 Å². The Morgan fingerprint density at radius 2 is 2.29 bits per heavy atom. The maximum absolute atomic E-state index is 10.9. The fourth-order valence-electron chi connectivity index (χ4n) is 1.92. The zero-order valence-electron chi connectivity index (χ0n) is 9.35. The van der Waals surface area contributed by atoms with E-state index in [4.69, 9.17) is 5.26 Å². The first kappa shape index (κ1) is 11.4. The summed E-state index contributed by atoms with van der Waals surface area (Å²) in [6, 6.07) is 6.63. The molecule has 1 N–H and O–H groups in total. The van der Waals surface area contributed by atoms with Crippen molar-refractivity contribution < 1.29 is 4.92 Å². The molecule has 1 aliphatic rings. The SMILES string of the molecule is N#Cc1cccc(NCC2CCC2)c1[N+](=O)[O-]. The van der Waals surface area contributed by atoms with Crippen molar-refractivity contribution in [3.63, 3.8) is 0 Å². The van der Waals surface area contributed by atoms with Gasteiger partial charge in [0.1, 0.15) is 17.3 Å². The lowest BCUT2D eigenvalue weighted by Gasteiger charge is -2.25. The van der Waals surface area contributed by atoms with Crippen molar-refractivity contribution in [3.8, 4) is 6.07 Å². The third kappa shape index (κ3) is 2.36. The number of para-hydroxylation sites is 1. The van der Waals surface area contributed by atoms with Crippen LogP contribution in [0.2, 0.25) is 0 Å². The third-order valence-corrected chi connectivity index (χ3v) is 3.14. The quantitative estimate of drug-likeness (QED) is 0.638. The second kappa shape index (κ2) is 4.83. The molecule has 0 aromatic heterocycles. The Hall–Kier alpha value is -2.09. The van der Waals surface area contributed by atoms with E-state index in [0.717, 1.165) is 6.54 Å². The van der Waals surface area contributed by atoms with Crippen LogP contribution in [-0.4, -0.2) is 11.5 Å². The highest BCUT2D eigenvalue weighted by atomic mass is 16.6. The number of anilines is 1. The van der Waals surface area contributed by atoms with E-state index in [2.05, 4.69) is 5.32 Å². The van der Waals surface area contributed by atoms with Gasteiger partial charge in [-0.3, -0.25) is 10.1 Å². The molecule has 0 saturated heterocycles. The zero-order valence-corrected chi connectivity index (χ0v) is 9.35. The molecule has 0 aliphatic heterocycles. The molecule has 0 spiro atoms. The number of hydrogen-bond donors (Lipinski definition) is 1. The minimum Gasteiger partial charge on any atom is -0.379 e. The summed E-state index contributed by atoms with van der Waals surface area (Å²) >= 11 is 0. The van der Waals surface area contributed by atoms with Crippen LogP contribution in [0.4, 0.5) is 11.4 Å². The molecule has 5 heteroatoms. The van der Waals surface area contributed by atoms with Gasteiger partial charge in [-0.05, 0) is 30.9 Å². The van der Waals surface area contributed by atoms with Crippen molar-refractivity contribution in [2.75, 3.05) is 11.9 Å². The van der Waals surface area contributed by atoms with Crippen LogP contribution in [0.25, 0.3) is 0 Å². The second-order valence-electron chi connectivity index (χ2n) is 4.25. The highest BCUT2D eigenvalue weighted by Crippen LogP contribution is 2.31. The molecule has 17 heavy (non-hydrogen) atoms. The van der Waals surface area contributed by atoms with Crippen LogP contribution in [0, 0.1) is 27.4 Å². The molecule has 1 aromatic rings. The Labute approximate surface area is 99.2 Å². The molecule has 1 fully saturated rings. The molecule has 0 bridgehead atoms. The van der Waals surface area contributed by atoms with E-state index in [1.807, 2.05) is 6.07 Å². The van der Waals surface area contributed by atoms with Gasteiger partial charge in [0.05, 0.1) is 4.92 Å². The molecule has 5 nitrogen and oxygen atoms in total. The molecule has 0 heterocycles. The highest BCUT2D eigenvalue weighted by molar-refractivity contribution is 5.68. The summed E-state index contributed by atoms with van der Waals surface area (Å²) in [4.78, 5) is 10.4. The molecule has 1 aromatic carbocycles. The maximum atomic E-state index is 10.9. The van der Waals surface area contributed by atoms with Gasteiger partial charge in [0.25, 0.3) is 0 Å². The van der Waals surface area contributed by atoms with Crippen molar-refractivity contribution >= 4 is 11.4 Å². The standard InChI is InChI=1S/C12H13N3O2/c13-7-10-5-2-6-11(12(10)15(16)17)14-8-9-3-1-4-9/h2,5-6,9,14H,1,3-4,8H2. The van der Waals surface area contributed by atoms with E-state index in [1.165, 1.54) is 25.3 Å². The van der Waals surface area contributed by atoms with E-state index in [-0.39, 0.29) is 11.3 Å². The number of hydrogen-bond acceptors (Lipinski definition) is 4. The van der Waals surface area contributed by atoms with E-state index >= 15 is 0 Å². The van der Waals surface area contributed by atoms with Crippen LogP contribution < -0.4 is 5.32 Å². The van der Waals surface area contributed by atoms with Gasteiger partial charge in [-0.1, -0.05) is 12.5 Å². The summed E-state index contributed by atoms with van der Waals surface area (Å²) in [6.45, 7) is 0.746. The lowest BCUT2D eigenvalue weighted by Crippen LogP contribution is -2.21. The van der Waals surface area contributed by atoms with Crippen LogP contribution >= 0.6 is 0 Å². The van der Waals surface area contributed by atoms with Gasteiger partial charge in [0.2, 0.25) is 0 Å². The minimum absolute atomic E-state index is 0.105. The molecular formula is C12H13N3O2. The predicted molar refractivity (Wildman–Crippen MR) is 63.6 cm³/mol. The van der Waals surface area contributed by atoms with E-state index in [0.29, 0.717) is 11.6 Å². The normalized spacial score (nSPS) is 14.8. The monoisotopic (exact) mass is 231 g/mol. The Bertz CT molecular complexity index is 475. The Morgan fingerprint density at radius 3 is 2.82 bits per heavy atom. The number of nitro groups is 1. The lowest BCUT2D eigenvalue weighted by molar-refractivity contribution is -0.384. The second-order valence-corrected chi connectivity index (χ2v) is 4.25. The topological polar surface area (TPSA) is 79.0 Å². The van der Waals surface area contributed by atoms with Crippen molar-refractivity contribution in [2.24, 2.45) is 5.92 Å². The van der Waals surface area contributed by atoms with Crippen LogP contribution in [0.15, 0.2) is 18.2 Å². The average Bonchev–Trinajstić information content (AvgIpc) is 2.26.